The molecule has 0 saturated carbocycles. The molecule has 0 aliphatic carbocycles. The third kappa shape index (κ3) is 5.93. The molecule has 1 aromatic rings. The Morgan fingerprint density at radius 1 is 1.23 bits per heavy atom. The predicted molar refractivity (Wildman–Crippen MR) is 89.1 cm³/mol. The number of hydrogen-bond donors (Lipinski definition) is 3. The van der Waals surface area contributed by atoms with Crippen molar-refractivity contribution >= 4 is 11.7 Å². The first kappa shape index (κ1) is 16.6. The van der Waals surface area contributed by atoms with Gasteiger partial charge in [-0.05, 0) is 43.4 Å². The van der Waals surface area contributed by atoms with Gasteiger partial charge >= 0.3 is 6.03 Å². The Morgan fingerprint density at radius 2 is 2.05 bits per heavy atom. The molecule has 0 spiro atoms. The van der Waals surface area contributed by atoms with Crippen LogP contribution in [0.15, 0.2) is 24.3 Å². The topological polar surface area (TPSA) is 62.4 Å². The highest BCUT2D eigenvalue weighted by molar-refractivity contribution is 5.74. The highest BCUT2D eigenvalue weighted by atomic mass is 16.5. The predicted octanol–water partition coefficient (Wildman–Crippen LogP) is 2.88. The molecule has 1 aliphatic heterocycles. The SMILES string of the molecule is CCCNc1ccc(CNC(=O)NC2CCCOCC2)cc1. The second kappa shape index (κ2) is 9.30. The van der Waals surface area contributed by atoms with E-state index < -0.39 is 0 Å². The van der Waals surface area contributed by atoms with Gasteiger partial charge in [0, 0.05) is 38.0 Å². The molecular formula is C17H27N3O2. The molecule has 1 atom stereocenters. The first-order valence-electron chi connectivity index (χ1n) is 8.23. The summed E-state index contributed by atoms with van der Waals surface area (Å²) in [5.74, 6) is 0. The van der Waals surface area contributed by atoms with E-state index in [2.05, 4.69) is 22.9 Å². The van der Waals surface area contributed by atoms with Gasteiger partial charge in [-0.1, -0.05) is 19.1 Å². The second-order valence-electron chi connectivity index (χ2n) is 5.69. The van der Waals surface area contributed by atoms with E-state index in [4.69, 9.17) is 4.74 Å². The normalized spacial score (nSPS) is 18.3. The number of amides is 2. The molecule has 122 valence electrons. The minimum atomic E-state index is -0.0971. The molecule has 2 rings (SSSR count). The molecule has 1 unspecified atom stereocenters. The van der Waals surface area contributed by atoms with Crippen molar-refractivity contribution in [3.8, 4) is 0 Å². The van der Waals surface area contributed by atoms with E-state index in [1.807, 2.05) is 24.3 Å². The van der Waals surface area contributed by atoms with Crippen LogP contribution >= 0.6 is 0 Å². The quantitative estimate of drug-likeness (QED) is 0.757. The van der Waals surface area contributed by atoms with Gasteiger partial charge in [0.05, 0.1) is 0 Å². The smallest absolute Gasteiger partial charge is 0.315 e. The van der Waals surface area contributed by atoms with Gasteiger partial charge in [0.15, 0.2) is 0 Å². The Morgan fingerprint density at radius 3 is 2.82 bits per heavy atom. The number of hydrogen-bond acceptors (Lipinski definition) is 3. The van der Waals surface area contributed by atoms with Gasteiger partial charge in [-0.3, -0.25) is 0 Å². The number of benzene rings is 1. The fraction of sp³-hybridized carbons (Fsp3) is 0.588. The molecule has 0 aromatic heterocycles. The van der Waals surface area contributed by atoms with Gasteiger partial charge in [-0.25, -0.2) is 4.79 Å². The third-order valence-electron chi connectivity index (χ3n) is 3.77. The number of nitrogens with one attached hydrogen (secondary N) is 3. The molecular weight excluding hydrogens is 278 g/mol. The highest BCUT2D eigenvalue weighted by Gasteiger charge is 2.14. The lowest BCUT2D eigenvalue weighted by Crippen LogP contribution is -2.41. The molecule has 1 fully saturated rings. The van der Waals surface area contributed by atoms with Crippen LogP contribution in [0.25, 0.3) is 0 Å². The summed E-state index contributed by atoms with van der Waals surface area (Å²) in [7, 11) is 0. The van der Waals surface area contributed by atoms with E-state index in [0.717, 1.165) is 56.7 Å². The minimum Gasteiger partial charge on any atom is -0.385 e. The lowest BCUT2D eigenvalue weighted by atomic mass is 10.1. The standard InChI is InChI=1S/C17H27N3O2/c1-2-10-18-15-7-5-14(6-8-15)13-19-17(21)20-16-4-3-11-22-12-9-16/h5-8,16,18H,2-4,9-13H2,1H3,(H2,19,20,21). The molecule has 1 aromatic carbocycles. The Bertz CT molecular complexity index is 440. The number of ether oxygens (including phenoxy) is 1. The van der Waals surface area contributed by atoms with Crippen LogP contribution < -0.4 is 16.0 Å². The molecule has 0 radical (unpaired) electrons. The second-order valence-corrected chi connectivity index (χ2v) is 5.69. The van der Waals surface area contributed by atoms with Gasteiger partial charge in [0.25, 0.3) is 0 Å². The van der Waals surface area contributed by atoms with E-state index >= 15 is 0 Å². The van der Waals surface area contributed by atoms with Gasteiger partial charge in [-0.15, -0.1) is 0 Å². The Hall–Kier alpha value is -1.75. The maximum absolute atomic E-state index is 11.9. The first-order valence-corrected chi connectivity index (χ1v) is 8.23. The minimum absolute atomic E-state index is 0.0971. The summed E-state index contributed by atoms with van der Waals surface area (Å²) in [6.45, 7) is 5.20. The molecule has 3 N–H and O–H groups in total. The Balaban J connectivity index is 1.71. The number of carbonyl (C=O) groups is 1. The molecule has 1 saturated heterocycles. The lowest BCUT2D eigenvalue weighted by Gasteiger charge is -2.16. The molecule has 5 heteroatoms. The maximum atomic E-state index is 11.9. The molecule has 0 bridgehead atoms. The van der Waals surface area contributed by atoms with E-state index in [0.29, 0.717) is 6.54 Å². The first-order chi connectivity index (χ1) is 10.8. The van der Waals surface area contributed by atoms with Crippen LogP contribution in [0.3, 0.4) is 0 Å². The summed E-state index contributed by atoms with van der Waals surface area (Å²) in [6.07, 6.45) is 4.00. The fourth-order valence-corrected chi connectivity index (χ4v) is 2.48. The lowest BCUT2D eigenvalue weighted by molar-refractivity contribution is 0.143. The molecule has 1 heterocycles. The Labute approximate surface area is 132 Å². The van der Waals surface area contributed by atoms with Crippen LogP contribution in [-0.4, -0.2) is 31.8 Å². The molecule has 22 heavy (non-hydrogen) atoms. The van der Waals surface area contributed by atoms with Crippen LogP contribution in [0.2, 0.25) is 0 Å². The van der Waals surface area contributed by atoms with Crippen LogP contribution in [-0.2, 0) is 11.3 Å². The number of carbonyl (C=O) groups excluding carboxylic acids is 1. The van der Waals surface area contributed by atoms with Crippen molar-refractivity contribution in [2.45, 2.75) is 45.2 Å². The van der Waals surface area contributed by atoms with Crippen molar-refractivity contribution in [3.05, 3.63) is 29.8 Å². The van der Waals surface area contributed by atoms with Gasteiger partial charge < -0.3 is 20.7 Å². The van der Waals surface area contributed by atoms with Crippen molar-refractivity contribution < 1.29 is 9.53 Å². The summed E-state index contributed by atoms with van der Waals surface area (Å²) in [5.41, 5.74) is 2.22. The highest BCUT2D eigenvalue weighted by Crippen LogP contribution is 2.10. The third-order valence-corrected chi connectivity index (χ3v) is 3.77. The average molecular weight is 305 g/mol. The maximum Gasteiger partial charge on any atom is 0.315 e. The van der Waals surface area contributed by atoms with Gasteiger partial charge in [0.1, 0.15) is 0 Å². The monoisotopic (exact) mass is 305 g/mol. The van der Waals surface area contributed by atoms with Crippen molar-refractivity contribution in [2.75, 3.05) is 25.1 Å². The number of anilines is 1. The summed E-state index contributed by atoms with van der Waals surface area (Å²) < 4.78 is 5.40. The van der Waals surface area contributed by atoms with E-state index in [9.17, 15) is 4.79 Å². The van der Waals surface area contributed by atoms with Crippen LogP contribution in [0.1, 0.15) is 38.2 Å². The number of urea groups is 1. The van der Waals surface area contributed by atoms with Gasteiger partial charge in [-0.2, -0.15) is 0 Å². The summed E-state index contributed by atoms with van der Waals surface area (Å²) in [4.78, 5) is 11.9. The largest absolute Gasteiger partial charge is 0.385 e. The summed E-state index contributed by atoms with van der Waals surface area (Å²) in [5, 5.41) is 9.28. The van der Waals surface area contributed by atoms with Gasteiger partial charge in [0.2, 0.25) is 0 Å². The molecule has 1 aliphatic rings. The van der Waals surface area contributed by atoms with E-state index in [1.165, 1.54) is 0 Å². The van der Waals surface area contributed by atoms with Crippen molar-refractivity contribution in [2.24, 2.45) is 0 Å². The average Bonchev–Trinajstić information content (AvgIpc) is 2.80. The zero-order valence-corrected chi connectivity index (χ0v) is 13.4. The van der Waals surface area contributed by atoms with Crippen molar-refractivity contribution in [3.63, 3.8) is 0 Å². The molecule has 5 nitrogen and oxygen atoms in total. The van der Waals surface area contributed by atoms with E-state index in [1.54, 1.807) is 0 Å². The summed E-state index contributed by atoms with van der Waals surface area (Å²) in [6, 6.07) is 8.30. The van der Waals surface area contributed by atoms with Crippen molar-refractivity contribution in [1.29, 1.82) is 0 Å². The zero-order chi connectivity index (χ0) is 15.6. The van der Waals surface area contributed by atoms with Crippen molar-refractivity contribution in [1.82, 2.24) is 10.6 Å². The Kier molecular flexibility index (Phi) is 7.03. The van der Waals surface area contributed by atoms with Crippen LogP contribution in [0.5, 0.6) is 0 Å². The number of rotatable bonds is 6. The molecule has 2 amide bonds. The summed E-state index contributed by atoms with van der Waals surface area (Å²) >= 11 is 0. The fourth-order valence-electron chi connectivity index (χ4n) is 2.48. The van der Waals surface area contributed by atoms with Crippen LogP contribution in [0, 0.1) is 0 Å². The zero-order valence-electron chi connectivity index (χ0n) is 13.4. The van der Waals surface area contributed by atoms with Crippen LogP contribution in [0.4, 0.5) is 10.5 Å². The van der Waals surface area contributed by atoms with E-state index in [-0.39, 0.29) is 12.1 Å².